The largest absolute Gasteiger partial charge is 0.508 e. The summed E-state index contributed by atoms with van der Waals surface area (Å²) in [7, 11) is 0. The third kappa shape index (κ3) is 3.64. The van der Waals surface area contributed by atoms with Gasteiger partial charge in [0.05, 0.1) is 22.8 Å². The number of hydrogen-bond donors (Lipinski definition) is 1. The Balaban J connectivity index is 1.49. The van der Waals surface area contributed by atoms with Gasteiger partial charge in [0.2, 0.25) is 0 Å². The van der Waals surface area contributed by atoms with Gasteiger partial charge in [-0.25, -0.2) is 9.67 Å². The lowest BCUT2D eigenvalue weighted by atomic mass is 9.98. The van der Waals surface area contributed by atoms with E-state index in [1.165, 1.54) is 5.57 Å². The molecule has 160 valence electrons. The van der Waals surface area contributed by atoms with E-state index >= 15 is 0 Å². The van der Waals surface area contributed by atoms with Gasteiger partial charge < -0.3 is 10.0 Å². The third-order valence-electron chi connectivity index (χ3n) is 5.94. The van der Waals surface area contributed by atoms with Crippen LogP contribution in [0.5, 0.6) is 5.75 Å². The number of carbonyl (C=O) groups excluding carboxylic acids is 1. The number of aromatic hydroxyl groups is 1. The van der Waals surface area contributed by atoms with Crippen LogP contribution in [0.4, 0.5) is 0 Å². The summed E-state index contributed by atoms with van der Waals surface area (Å²) in [5, 5.41) is 14.8. The number of aromatic nitrogens is 3. The summed E-state index contributed by atoms with van der Waals surface area (Å²) in [4.78, 5) is 20.3. The fourth-order valence-corrected chi connectivity index (χ4v) is 4.17. The summed E-state index contributed by atoms with van der Waals surface area (Å²) in [6.07, 6.45) is 4.61. The Hall–Kier alpha value is -3.93. The fourth-order valence-electron chi connectivity index (χ4n) is 4.17. The van der Waals surface area contributed by atoms with Gasteiger partial charge >= 0.3 is 0 Å². The lowest BCUT2D eigenvalue weighted by Crippen LogP contribution is -2.34. The molecule has 1 aliphatic heterocycles. The van der Waals surface area contributed by atoms with E-state index in [2.05, 4.69) is 11.2 Å². The van der Waals surface area contributed by atoms with E-state index in [-0.39, 0.29) is 11.7 Å². The molecule has 32 heavy (non-hydrogen) atoms. The number of hydrogen-bond acceptors (Lipinski definition) is 4. The maximum Gasteiger partial charge on any atom is 0.255 e. The number of fused-ring (bicyclic) bond motifs is 1. The predicted molar refractivity (Wildman–Crippen MR) is 125 cm³/mol. The number of pyridine rings is 1. The molecule has 1 amide bonds. The zero-order valence-corrected chi connectivity index (χ0v) is 17.9. The molecule has 4 aromatic rings. The first kappa shape index (κ1) is 20.0. The van der Waals surface area contributed by atoms with Crippen LogP contribution in [0.3, 0.4) is 0 Å². The van der Waals surface area contributed by atoms with Crippen LogP contribution < -0.4 is 0 Å². The fraction of sp³-hybridized carbons (Fsp3) is 0.192. The number of phenols is 1. The Kier molecular flexibility index (Phi) is 5.19. The van der Waals surface area contributed by atoms with Crippen LogP contribution in [0.25, 0.3) is 27.9 Å². The zero-order valence-electron chi connectivity index (χ0n) is 17.9. The Labute approximate surface area is 186 Å². The third-order valence-corrected chi connectivity index (χ3v) is 5.94. The number of amides is 1. The molecule has 0 saturated carbocycles. The van der Waals surface area contributed by atoms with Crippen molar-refractivity contribution < 1.29 is 9.90 Å². The second kappa shape index (κ2) is 8.30. The van der Waals surface area contributed by atoms with Crippen LogP contribution in [0, 0.1) is 0 Å². The van der Waals surface area contributed by atoms with E-state index in [1.54, 1.807) is 18.3 Å². The second-order valence-corrected chi connectivity index (χ2v) is 7.90. The minimum absolute atomic E-state index is 0.00811. The summed E-state index contributed by atoms with van der Waals surface area (Å²) in [5.41, 5.74) is 5.38. The van der Waals surface area contributed by atoms with Crippen molar-refractivity contribution in [3.63, 3.8) is 0 Å². The van der Waals surface area contributed by atoms with Crippen LogP contribution in [0.1, 0.15) is 29.3 Å². The molecule has 1 N–H and O–H groups in total. The van der Waals surface area contributed by atoms with Gasteiger partial charge in [0.25, 0.3) is 5.91 Å². The minimum Gasteiger partial charge on any atom is -0.508 e. The number of benzene rings is 2. The SMILES string of the molecule is CCn1ncc2c(C(=O)N3CC=C(c4ccc(O)cc4)CC3)cc(-c3ccccc3)nc21. The van der Waals surface area contributed by atoms with E-state index in [0.29, 0.717) is 25.2 Å². The van der Waals surface area contributed by atoms with Crippen molar-refractivity contribution in [2.75, 3.05) is 13.1 Å². The highest BCUT2D eigenvalue weighted by Crippen LogP contribution is 2.28. The number of rotatable bonds is 4. The first-order chi connectivity index (χ1) is 15.6. The van der Waals surface area contributed by atoms with Crippen molar-refractivity contribution in [3.05, 3.63) is 84.1 Å². The molecule has 0 fully saturated rings. The van der Waals surface area contributed by atoms with Gasteiger partial charge in [-0.05, 0) is 42.7 Å². The molecule has 0 atom stereocenters. The molecule has 0 bridgehead atoms. The monoisotopic (exact) mass is 424 g/mol. The summed E-state index contributed by atoms with van der Waals surface area (Å²) in [6, 6.07) is 19.0. The maximum absolute atomic E-state index is 13.6. The predicted octanol–water partition coefficient (Wildman–Crippen LogP) is 4.75. The molecule has 3 heterocycles. The smallest absolute Gasteiger partial charge is 0.255 e. The van der Waals surface area contributed by atoms with Crippen LogP contribution in [-0.2, 0) is 6.54 Å². The molecule has 6 heteroatoms. The number of nitrogens with zero attached hydrogens (tertiary/aromatic N) is 4. The van der Waals surface area contributed by atoms with E-state index in [1.807, 2.05) is 65.0 Å². The van der Waals surface area contributed by atoms with Gasteiger partial charge in [0.1, 0.15) is 5.75 Å². The van der Waals surface area contributed by atoms with Crippen LogP contribution in [0.15, 0.2) is 72.9 Å². The molecular weight excluding hydrogens is 400 g/mol. The Bertz CT molecular complexity index is 1310. The van der Waals surface area contributed by atoms with Crippen LogP contribution in [-0.4, -0.2) is 43.8 Å². The Morgan fingerprint density at radius 2 is 1.84 bits per heavy atom. The summed E-state index contributed by atoms with van der Waals surface area (Å²) in [6.45, 7) is 3.88. The number of phenolic OH excluding ortho intramolecular Hbond substituents is 1. The van der Waals surface area contributed by atoms with E-state index in [4.69, 9.17) is 4.98 Å². The molecule has 0 aliphatic carbocycles. The summed E-state index contributed by atoms with van der Waals surface area (Å²) >= 11 is 0. The van der Waals surface area contributed by atoms with Gasteiger partial charge in [-0.1, -0.05) is 48.5 Å². The lowest BCUT2D eigenvalue weighted by Gasteiger charge is -2.27. The topological polar surface area (TPSA) is 71.2 Å². The standard InChI is InChI=1S/C26H24N4O2/c1-2-30-25-23(17-27-30)22(16-24(28-25)20-6-4-3-5-7-20)26(32)29-14-12-19(13-15-29)18-8-10-21(31)11-9-18/h3-12,16-17,31H,2,13-15H2,1H3. The van der Waals surface area contributed by atoms with Gasteiger partial charge in [-0.2, -0.15) is 5.10 Å². The molecule has 6 nitrogen and oxygen atoms in total. The Morgan fingerprint density at radius 3 is 2.53 bits per heavy atom. The average Bonchev–Trinajstić information content (AvgIpc) is 3.27. The van der Waals surface area contributed by atoms with Gasteiger partial charge in [-0.3, -0.25) is 4.79 Å². The van der Waals surface area contributed by atoms with E-state index < -0.39 is 0 Å². The maximum atomic E-state index is 13.6. The quantitative estimate of drug-likeness (QED) is 0.513. The summed E-state index contributed by atoms with van der Waals surface area (Å²) < 4.78 is 1.83. The first-order valence-corrected chi connectivity index (χ1v) is 10.8. The van der Waals surface area contributed by atoms with Crippen molar-refractivity contribution in [2.45, 2.75) is 19.9 Å². The Morgan fingerprint density at radius 1 is 1.06 bits per heavy atom. The number of aryl methyl sites for hydroxylation is 1. The number of carbonyl (C=O) groups is 1. The molecule has 2 aromatic carbocycles. The van der Waals surface area contributed by atoms with Crippen molar-refractivity contribution in [1.82, 2.24) is 19.7 Å². The normalized spacial score (nSPS) is 13.9. The van der Waals surface area contributed by atoms with Crippen molar-refractivity contribution in [1.29, 1.82) is 0 Å². The van der Waals surface area contributed by atoms with Crippen molar-refractivity contribution in [3.8, 4) is 17.0 Å². The van der Waals surface area contributed by atoms with E-state index in [0.717, 1.165) is 34.3 Å². The van der Waals surface area contributed by atoms with Crippen LogP contribution in [0.2, 0.25) is 0 Å². The van der Waals surface area contributed by atoms with Crippen molar-refractivity contribution in [2.24, 2.45) is 0 Å². The molecule has 0 radical (unpaired) electrons. The highest BCUT2D eigenvalue weighted by molar-refractivity contribution is 6.06. The average molecular weight is 425 g/mol. The molecule has 2 aromatic heterocycles. The first-order valence-electron chi connectivity index (χ1n) is 10.8. The summed E-state index contributed by atoms with van der Waals surface area (Å²) in [5.74, 6) is 0.247. The second-order valence-electron chi connectivity index (χ2n) is 7.90. The highest BCUT2D eigenvalue weighted by Gasteiger charge is 2.23. The molecule has 0 spiro atoms. The molecule has 5 rings (SSSR count). The minimum atomic E-state index is -0.00811. The van der Waals surface area contributed by atoms with E-state index in [9.17, 15) is 9.90 Å². The van der Waals surface area contributed by atoms with Gasteiger partial charge in [0, 0.05) is 25.2 Å². The lowest BCUT2D eigenvalue weighted by molar-refractivity contribution is 0.0775. The van der Waals surface area contributed by atoms with Gasteiger partial charge in [0.15, 0.2) is 5.65 Å². The molecule has 1 aliphatic rings. The molecule has 0 unspecified atom stereocenters. The van der Waals surface area contributed by atoms with Crippen molar-refractivity contribution >= 4 is 22.5 Å². The zero-order chi connectivity index (χ0) is 22.1. The van der Waals surface area contributed by atoms with Crippen LogP contribution >= 0.6 is 0 Å². The molecular formula is C26H24N4O2. The molecule has 0 saturated heterocycles. The van der Waals surface area contributed by atoms with Gasteiger partial charge in [-0.15, -0.1) is 0 Å². The highest BCUT2D eigenvalue weighted by atomic mass is 16.3.